The van der Waals surface area contributed by atoms with E-state index in [2.05, 4.69) is 27.3 Å². The summed E-state index contributed by atoms with van der Waals surface area (Å²) in [6.45, 7) is 0.885. The van der Waals surface area contributed by atoms with Crippen LogP contribution in [0, 0.1) is 17.1 Å². The zero-order chi connectivity index (χ0) is 15.2. The maximum atomic E-state index is 13.6. The number of nitrogens with zero attached hydrogens (tertiary/aromatic N) is 1. The lowest BCUT2D eigenvalue weighted by atomic mass is 10.1. The third-order valence-corrected chi connectivity index (χ3v) is 3.54. The molecule has 21 heavy (non-hydrogen) atoms. The first-order chi connectivity index (χ1) is 10.1. The molecule has 0 radical (unpaired) electrons. The Morgan fingerprint density at radius 3 is 2.67 bits per heavy atom. The van der Waals surface area contributed by atoms with Gasteiger partial charge in [-0.2, -0.15) is 5.26 Å². The van der Waals surface area contributed by atoms with Gasteiger partial charge < -0.3 is 10.1 Å². The number of nitrogens with one attached hydrogen (secondary N) is 1. The Bertz CT molecular complexity index is 682. The van der Waals surface area contributed by atoms with Crippen molar-refractivity contribution in [2.45, 2.75) is 13.1 Å². The van der Waals surface area contributed by atoms with Gasteiger partial charge in [0, 0.05) is 28.7 Å². The highest BCUT2D eigenvalue weighted by atomic mass is 79.9. The van der Waals surface area contributed by atoms with E-state index in [0.717, 1.165) is 10.0 Å². The molecule has 0 saturated carbocycles. The minimum atomic E-state index is -0.247. The highest BCUT2D eigenvalue weighted by Gasteiger charge is 2.06. The quantitative estimate of drug-likeness (QED) is 0.894. The van der Waals surface area contributed by atoms with Crippen LogP contribution in [0.4, 0.5) is 4.39 Å². The van der Waals surface area contributed by atoms with Gasteiger partial charge in [0.25, 0.3) is 0 Å². The van der Waals surface area contributed by atoms with Crippen molar-refractivity contribution in [3.63, 3.8) is 0 Å². The first-order valence-electron chi connectivity index (χ1n) is 6.35. The molecule has 0 aliphatic rings. The third kappa shape index (κ3) is 4.03. The van der Waals surface area contributed by atoms with Gasteiger partial charge in [-0.3, -0.25) is 0 Å². The van der Waals surface area contributed by atoms with E-state index in [1.54, 1.807) is 37.4 Å². The summed E-state index contributed by atoms with van der Waals surface area (Å²) in [5.41, 5.74) is 2.02. The number of rotatable bonds is 5. The standard InChI is InChI=1S/C16H14BrFN2O/c1-21-16-5-2-11(8-19)6-13(16)10-20-9-12-7-14(17)3-4-15(12)18/h2-7,20H,9-10H2,1H3. The van der Waals surface area contributed by atoms with Crippen LogP contribution in [0.15, 0.2) is 40.9 Å². The summed E-state index contributed by atoms with van der Waals surface area (Å²) in [6, 6.07) is 12.2. The molecule has 5 heteroatoms. The summed E-state index contributed by atoms with van der Waals surface area (Å²) in [5, 5.41) is 12.1. The van der Waals surface area contributed by atoms with Crippen LogP contribution in [-0.4, -0.2) is 7.11 Å². The minimum Gasteiger partial charge on any atom is -0.496 e. The fraction of sp³-hybridized carbons (Fsp3) is 0.188. The van der Waals surface area contributed by atoms with Crippen molar-refractivity contribution in [3.8, 4) is 11.8 Å². The van der Waals surface area contributed by atoms with Gasteiger partial charge in [0.15, 0.2) is 0 Å². The Kier molecular flexibility index (Phi) is 5.32. The molecule has 0 heterocycles. The lowest BCUT2D eigenvalue weighted by Crippen LogP contribution is -2.14. The van der Waals surface area contributed by atoms with Crippen LogP contribution >= 0.6 is 15.9 Å². The van der Waals surface area contributed by atoms with Gasteiger partial charge in [-0.05, 0) is 36.4 Å². The molecule has 108 valence electrons. The second kappa shape index (κ2) is 7.21. The molecule has 2 aromatic carbocycles. The highest BCUT2D eigenvalue weighted by Crippen LogP contribution is 2.20. The molecule has 0 spiro atoms. The third-order valence-electron chi connectivity index (χ3n) is 3.05. The fourth-order valence-electron chi connectivity index (χ4n) is 2.00. The van der Waals surface area contributed by atoms with Crippen LogP contribution in [0.25, 0.3) is 0 Å². The van der Waals surface area contributed by atoms with Gasteiger partial charge in [-0.25, -0.2) is 4.39 Å². The monoisotopic (exact) mass is 348 g/mol. The topological polar surface area (TPSA) is 45.0 Å². The first kappa shape index (κ1) is 15.5. The van der Waals surface area contributed by atoms with Gasteiger partial charge in [0.1, 0.15) is 11.6 Å². The molecule has 3 nitrogen and oxygen atoms in total. The minimum absolute atomic E-state index is 0.247. The summed E-state index contributed by atoms with van der Waals surface area (Å²) in [4.78, 5) is 0. The van der Waals surface area contributed by atoms with Crippen molar-refractivity contribution in [1.82, 2.24) is 5.32 Å². The number of ether oxygens (including phenoxy) is 1. The van der Waals surface area contributed by atoms with E-state index < -0.39 is 0 Å². The Hall–Kier alpha value is -1.90. The molecule has 0 atom stereocenters. The predicted molar refractivity (Wildman–Crippen MR) is 82.4 cm³/mol. The Morgan fingerprint density at radius 2 is 1.95 bits per heavy atom. The molecule has 1 N–H and O–H groups in total. The molecule has 2 rings (SSSR count). The zero-order valence-electron chi connectivity index (χ0n) is 11.5. The maximum Gasteiger partial charge on any atom is 0.127 e. The maximum absolute atomic E-state index is 13.6. The second-order valence-corrected chi connectivity index (χ2v) is 5.39. The predicted octanol–water partition coefficient (Wildman–Crippen LogP) is 3.76. The normalized spacial score (nSPS) is 10.2. The van der Waals surface area contributed by atoms with Gasteiger partial charge in [0.2, 0.25) is 0 Å². The van der Waals surface area contributed by atoms with Crippen LogP contribution in [0.2, 0.25) is 0 Å². The van der Waals surface area contributed by atoms with Crippen LogP contribution in [0.1, 0.15) is 16.7 Å². The lowest BCUT2D eigenvalue weighted by molar-refractivity contribution is 0.407. The summed E-state index contributed by atoms with van der Waals surface area (Å²) in [7, 11) is 1.58. The number of hydrogen-bond donors (Lipinski definition) is 1. The SMILES string of the molecule is COc1ccc(C#N)cc1CNCc1cc(Br)ccc1F. The van der Waals surface area contributed by atoms with E-state index in [1.807, 2.05) is 0 Å². The van der Waals surface area contributed by atoms with Crippen molar-refractivity contribution < 1.29 is 9.13 Å². The number of methoxy groups -OCH3 is 1. The first-order valence-corrected chi connectivity index (χ1v) is 7.15. The number of nitriles is 1. The van der Waals surface area contributed by atoms with Gasteiger partial charge >= 0.3 is 0 Å². The average molecular weight is 349 g/mol. The summed E-state index contributed by atoms with van der Waals surface area (Å²) >= 11 is 3.32. The van der Waals surface area contributed by atoms with Crippen molar-refractivity contribution in [2.24, 2.45) is 0 Å². The van der Waals surface area contributed by atoms with Gasteiger partial charge in [-0.15, -0.1) is 0 Å². The zero-order valence-corrected chi connectivity index (χ0v) is 13.1. The van der Waals surface area contributed by atoms with Gasteiger partial charge in [0.05, 0.1) is 18.7 Å². The molecule has 0 amide bonds. The van der Waals surface area contributed by atoms with E-state index in [0.29, 0.717) is 30.0 Å². The van der Waals surface area contributed by atoms with Crippen LogP contribution in [0.5, 0.6) is 5.75 Å². The van der Waals surface area contributed by atoms with E-state index in [4.69, 9.17) is 10.00 Å². The van der Waals surface area contributed by atoms with Crippen LogP contribution in [-0.2, 0) is 13.1 Å². The molecule has 0 aliphatic carbocycles. The van der Waals surface area contributed by atoms with Crippen molar-refractivity contribution in [2.75, 3.05) is 7.11 Å². The van der Waals surface area contributed by atoms with Gasteiger partial charge in [-0.1, -0.05) is 15.9 Å². The fourth-order valence-corrected chi connectivity index (χ4v) is 2.41. The Labute approximate surface area is 131 Å². The molecule has 0 aliphatic heterocycles. The second-order valence-electron chi connectivity index (χ2n) is 4.48. The van der Waals surface area contributed by atoms with Crippen molar-refractivity contribution in [1.29, 1.82) is 5.26 Å². The van der Waals surface area contributed by atoms with E-state index in [-0.39, 0.29) is 5.82 Å². The number of halogens is 2. The molecule has 0 fully saturated rings. The van der Waals surface area contributed by atoms with E-state index >= 15 is 0 Å². The molecule has 0 unspecified atom stereocenters. The number of hydrogen-bond acceptors (Lipinski definition) is 3. The average Bonchev–Trinajstić information content (AvgIpc) is 2.50. The van der Waals surface area contributed by atoms with E-state index in [9.17, 15) is 4.39 Å². The van der Waals surface area contributed by atoms with Crippen molar-refractivity contribution >= 4 is 15.9 Å². The molecule has 0 saturated heterocycles. The smallest absolute Gasteiger partial charge is 0.127 e. The molecular weight excluding hydrogens is 335 g/mol. The molecule has 2 aromatic rings. The summed E-state index contributed by atoms with van der Waals surface area (Å²) < 4.78 is 19.7. The summed E-state index contributed by atoms with van der Waals surface area (Å²) in [6.07, 6.45) is 0. The molecule has 0 bridgehead atoms. The largest absolute Gasteiger partial charge is 0.496 e. The van der Waals surface area contributed by atoms with Crippen molar-refractivity contribution in [3.05, 3.63) is 63.4 Å². The Balaban J connectivity index is 2.06. The molecular formula is C16H14BrFN2O. The Morgan fingerprint density at radius 1 is 1.19 bits per heavy atom. The van der Waals surface area contributed by atoms with E-state index in [1.165, 1.54) is 6.07 Å². The van der Waals surface area contributed by atoms with Crippen LogP contribution < -0.4 is 10.1 Å². The highest BCUT2D eigenvalue weighted by molar-refractivity contribution is 9.10. The molecule has 0 aromatic heterocycles. The lowest BCUT2D eigenvalue weighted by Gasteiger charge is -2.10. The number of benzene rings is 2. The van der Waals surface area contributed by atoms with Crippen LogP contribution in [0.3, 0.4) is 0 Å². The summed E-state index contributed by atoms with van der Waals surface area (Å²) in [5.74, 6) is 0.458.